The molecule has 4 aromatic rings. The van der Waals surface area contributed by atoms with Crippen LogP contribution in [0.15, 0.2) is 77.1 Å². The molecule has 4 rings (SSSR count). The molecule has 2 heterocycles. The van der Waals surface area contributed by atoms with Crippen LogP contribution in [0, 0.1) is 11.3 Å². The second-order valence-corrected chi connectivity index (χ2v) is 6.59. The van der Waals surface area contributed by atoms with Crippen LogP contribution >= 0.6 is 0 Å². The molecule has 0 bridgehead atoms. The second-order valence-electron chi connectivity index (χ2n) is 6.59. The largest absolute Gasteiger partial charge is 0.507 e. The van der Waals surface area contributed by atoms with Gasteiger partial charge in [-0.25, -0.2) is 9.78 Å². The van der Waals surface area contributed by atoms with E-state index in [1.165, 1.54) is 24.5 Å². The Labute approximate surface area is 181 Å². The number of hydrogen-bond acceptors (Lipinski definition) is 7. The number of carbonyl (C=O) groups is 2. The van der Waals surface area contributed by atoms with E-state index in [1.54, 1.807) is 36.4 Å². The van der Waals surface area contributed by atoms with Crippen LogP contribution in [0.1, 0.15) is 26.7 Å². The Morgan fingerprint density at radius 1 is 1.12 bits per heavy atom. The van der Waals surface area contributed by atoms with E-state index in [0.29, 0.717) is 11.0 Å². The zero-order valence-corrected chi connectivity index (χ0v) is 16.5. The predicted molar refractivity (Wildman–Crippen MR) is 115 cm³/mol. The number of rotatable bonds is 6. The number of nitriles is 1. The van der Waals surface area contributed by atoms with Crippen LogP contribution in [0.4, 0.5) is 5.69 Å². The summed E-state index contributed by atoms with van der Waals surface area (Å²) in [7, 11) is 0. The minimum absolute atomic E-state index is 0.0717. The number of anilines is 1. The molecule has 158 valence electrons. The molecule has 1 amide bonds. The molecule has 0 saturated heterocycles. The molecule has 0 fully saturated rings. The van der Waals surface area contributed by atoms with Crippen molar-refractivity contribution >= 4 is 34.2 Å². The third kappa shape index (κ3) is 4.20. The maximum Gasteiger partial charge on any atom is 0.340 e. The van der Waals surface area contributed by atoms with Gasteiger partial charge in [0.05, 0.1) is 28.5 Å². The maximum absolute atomic E-state index is 12.6. The Kier molecular flexibility index (Phi) is 5.68. The number of H-pyrrole nitrogens is 1. The molecule has 9 heteroatoms. The average Bonchev–Trinajstić information content (AvgIpc) is 3.48. The number of ether oxygens (including phenoxy) is 1. The highest BCUT2D eigenvalue weighted by Gasteiger charge is 2.19. The van der Waals surface area contributed by atoms with Crippen LogP contribution in [0.3, 0.4) is 0 Å². The highest BCUT2D eigenvalue weighted by Crippen LogP contribution is 2.21. The number of benzene rings is 2. The molecule has 0 aliphatic carbocycles. The molecule has 32 heavy (non-hydrogen) atoms. The van der Waals surface area contributed by atoms with Gasteiger partial charge in [0, 0.05) is 0 Å². The number of allylic oxidation sites excluding steroid dienone is 1. The lowest BCUT2D eigenvalue weighted by molar-refractivity contribution is 0.0504. The van der Waals surface area contributed by atoms with E-state index in [9.17, 15) is 20.0 Å². The summed E-state index contributed by atoms with van der Waals surface area (Å²) in [6.07, 6.45) is 1.36. The Hall–Kier alpha value is -4.84. The smallest absolute Gasteiger partial charge is 0.340 e. The SMILES string of the molecule is N#C/C(=C(/O)COC(=O)c1ccccc1NC(=O)c1ccco1)c1nc2ccccc2[nH]1. The summed E-state index contributed by atoms with van der Waals surface area (Å²) < 4.78 is 10.2. The first-order valence-corrected chi connectivity index (χ1v) is 9.45. The van der Waals surface area contributed by atoms with Crippen molar-refractivity contribution in [3.8, 4) is 6.07 Å². The first-order chi connectivity index (χ1) is 15.6. The van der Waals surface area contributed by atoms with E-state index in [-0.39, 0.29) is 28.4 Å². The molecule has 0 aliphatic heterocycles. The van der Waals surface area contributed by atoms with Crippen LogP contribution in [-0.2, 0) is 4.74 Å². The number of para-hydroxylation sites is 3. The summed E-state index contributed by atoms with van der Waals surface area (Å²) in [5, 5.41) is 22.4. The summed E-state index contributed by atoms with van der Waals surface area (Å²) in [6, 6.07) is 18.3. The predicted octanol–water partition coefficient (Wildman–Crippen LogP) is 4.06. The van der Waals surface area contributed by atoms with Crippen LogP contribution in [0.5, 0.6) is 0 Å². The van der Waals surface area contributed by atoms with Crippen molar-refractivity contribution in [3.63, 3.8) is 0 Å². The summed E-state index contributed by atoms with van der Waals surface area (Å²) in [6.45, 7) is -0.556. The monoisotopic (exact) mass is 428 g/mol. The molecule has 2 aromatic heterocycles. The minimum Gasteiger partial charge on any atom is -0.507 e. The van der Waals surface area contributed by atoms with Crippen LogP contribution in [0.25, 0.3) is 16.6 Å². The molecule has 3 N–H and O–H groups in total. The van der Waals surface area contributed by atoms with Crippen molar-refractivity contribution in [2.75, 3.05) is 11.9 Å². The molecule has 0 aliphatic rings. The van der Waals surface area contributed by atoms with Gasteiger partial charge in [0.15, 0.2) is 17.3 Å². The van der Waals surface area contributed by atoms with Crippen molar-refractivity contribution in [2.45, 2.75) is 0 Å². The quantitative estimate of drug-likeness (QED) is 0.239. The van der Waals surface area contributed by atoms with Gasteiger partial charge >= 0.3 is 5.97 Å². The highest BCUT2D eigenvalue weighted by atomic mass is 16.5. The van der Waals surface area contributed by atoms with Crippen molar-refractivity contribution in [3.05, 3.63) is 89.8 Å². The van der Waals surface area contributed by atoms with Gasteiger partial charge < -0.3 is 24.6 Å². The number of aromatic nitrogens is 2. The van der Waals surface area contributed by atoms with Gasteiger partial charge in [-0.2, -0.15) is 5.26 Å². The Bertz CT molecular complexity index is 1330. The summed E-state index contributed by atoms with van der Waals surface area (Å²) in [4.78, 5) is 32.0. The fraction of sp³-hybridized carbons (Fsp3) is 0.0435. The maximum atomic E-state index is 12.6. The Morgan fingerprint density at radius 3 is 2.66 bits per heavy atom. The summed E-state index contributed by atoms with van der Waals surface area (Å²) in [5.74, 6) is -1.55. The number of esters is 1. The average molecular weight is 428 g/mol. The number of amides is 1. The molecule has 0 atom stereocenters. The zero-order chi connectivity index (χ0) is 22.5. The fourth-order valence-electron chi connectivity index (χ4n) is 2.97. The number of imidazole rings is 1. The molecular formula is C23H16N4O5. The number of aliphatic hydroxyl groups is 1. The fourth-order valence-corrected chi connectivity index (χ4v) is 2.97. The van der Waals surface area contributed by atoms with Gasteiger partial charge in [-0.05, 0) is 36.4 Å². The number of carbonyl (C=O) groups excluding carboxylic acids is 2. The van der Waals surface area contributed by atoms with Gasteiger partial charge in [-0.15, -0.1) is 0 Å². The highest BCUT2D eigenvalue weighted by molar-refractivity contribution is 6.06. The minimum atomic E-state index is -0.797. The van der Waals surface area contributed by atoms with E-state index in [0.717, 1.165) is 0 Å². The molecule has 9 nitrogen and oxygen atoms in total. The van der Waals surface area contributed by atoms with Gasteiger partial charge in [-0.1, -0.05) is 24.3 Å². The lowest BCUT2D eigenvalue weighted by Crippen LogP contribution is -2.16. The van der Waals surface area contributed by atoms with Gasteiger partial charge in [0.2, 0.25) is 0 Å². The number of aliphatic hydroxyl groups excluding tert-OH is 1. The number of aromatic amines is 1. The lowest BCUT2D eigenvalue weighted by Gasteiger charge is -2.10. The van der Waals surface area contributed by atoms with Crippen molar-refractivity contribution < 1.29 is 23.8 Å². The Morgan fingerprint density at radius 2 is 1.91 bits per heavy atom. The van der Waals surface area contributed by atoms with Crippen LogP contribution in [0.2, 0.25) is 0 Å². The number of fused-ring (bicyclic) bond motifs is 1. The number of nitrogens with one attached hydrogen (secondary N) is 2. The normalized spacial score (nSPS) is 11.5. The van der Waals surface area contributed by atoms with E-state index in [2.05, 4.69) is 15.3 Å². The van der Waals surface area contributed by atoms with E-state index >= 15 is 0 Å². The first kappa shape index (κ1) is 20.4. The van der Waals surface area contributed by atoms with Crippen molar-refractivity contribution in [1.29, 1.82) is 5.26 Å². The third-order valence-corrected chi connectivity index (χ3v) is 4.51. The van der Waals surface area contributed by atoms with E-state index < -0.39 is 24.2 Å². The molecule has 0 unspecified atom stereocenters. The topological polar surface area (TPSA) is 141 Å². The molecule has 0 spiro atoms. The van der Waals surface area contributed by atoms with Crippen LogP contribution < -0.4 is 5.32 Å². The van der Waals surface area contributed by atoms with Crippen molar-refractivity contribution in [2.24, 2.45) is 0 Å². The first-order valence-electron chi connectivity index (χ1n) is 9.45. The molecule has 2 aromatic carbocycles. The lowest BCUT2D eigenvalue weighted by atomic mass is 10.1. The van der Waals surface area contributed by atoms with Gasteiger partial charge in [0.25, 0.3) is 5.91 Å². The molecular weight excluding hydrogens is 412 g/mol. The van der Waals surface area contributed by atoms with Crippen molar-refractivity contribution in [1.82, 2.24) is 9.97 Å². The number of hydrogen-bond donors (Lipinski definition) is 3. The number of furan rings is 1. The zero-order valence-electron chi connectivity index (χ0n) is 16.5. The summed E-state index contributed by atoms with van der Waals surface area (Å²) >= 11 is 0. The third-order valence-electron chi connectivity index (χ3n) is 4.51. The van der Waals surface area contributed by atoms with Gasteiger partial charge in [-0.3, -0.25) is 4.79 Å². The van der Waals surface area contributed by atoms with Crippen LogP contribution in [-0.4, -0.2) is 33.6 Å². The number of nitrogens with zero attached hydrogens (tertiary/aromatic N) is 2. The standard InChI is InChI=1S/C23H16N4O5/c24-12-15(21-25-17-8-3-4-9-18(17)26-21)19(28)13-32-23(30)14-6-1-2-7-16(14)27-22(29)20-10-5-11-31-20/h1-11,28H,13H2,(H,25,26)(H,27,29)/b19-15-. The molecule has 0 saturated carbocycles. The van der Waals surface area contributed by atoms with E-state index in [4.69, 9.17) is 9.15 Å². The Balaban J connectivity index is 1.50. The second kappa shape index (κ2) is 8.89. The van der Waals surface area contributed by atoms with Gasteiger partial charge in [0.1, 0.15) is 18.2 Å². The molecule has 0 radical (unpaired) electrons. The summed E-state index contributed by atoms with van der Waals surface area (Å²) in [5.41, 5.74) is 1.46. The van der Waals surface area contributed by atoms with E-state index in [1.807, 2.05) is 12.1 Å².